The minimum absolute atomic E-state index is 0.0592. The molecule has 0 radical (unpaired) electrons. The molecule has 156 valence electrons. The smallest absolute Gasteiger partial charge is 0.263 e. The molecule has 0 spiro atoms. The van der Waals surface area contributed by atoms with Crippen molar-refractivity contribution in [1.82, 2.24) is 10.2 Å². The van der Waals surface area contributed by atoms with Crippen LogP contribution in [0.15, 0.2) is 48.5 Å². The van der Waals surface area contributed by atoms with Gasteiger partial charge in [0.15, 0.2) is 5.60 Å². The summed E-state index contributed by atoms with van der Waals surface area (Å²) in [5, 5.41) is 3.72. The third-order valence-corrected chi connectivity index (χ3v) is 5.52. The number of rotatable bonds is 8. The minimum atomic E-state index is -1.01. The van der Waals surface area contributed by atoms with E-state index in [0.717, 1.165) is 24.4 Å². The Labute approximate surface area is 177 Å². The van der Waals surface area contributed by atoms with Gasteiger partial charge in [-0.1, -0.05) is 29.8 Å². The molecule has 0 saturated carbocycles. The van der Waals surface area contributed by atoms with Crippen molar-refractivity contribution in [3.05, 3.63) is 59.1 Å². The van der Waals surface area contributed by atoms with Crippen molar-refractivity contribution >= 4 is 17.5 Å². The fourth-order valence-corrected chi connectivity index (χ4v) is 3.80. The highest BCUT2D eigenvalue weighted by atomic mass is 35.5. The predicted octanol–water partition coefficient (Wildman–Crippen LogP) is 4.46. The molecule has 2 aromatic carbocycles. The molecule has 1 saturated heterocycles. The fourth-order valence-electron chi connectivity index (χ4n) is 3.68. The summed E-state index contributed by atoms with van der Waals surface area (Å²) in [5.41, 5.74) is 0.0816. The van der Waals surface area contributed by atoms with E-state index in [1.807, 2.05) is 18.2 Å². The summed E-state index contributed by atoms with van der Waals surface area (Å²) in [7, 11) is 1.68. The Balaban J connectivity index is 1.71. The van der Waals surface area contributed by atoms with E-state index in [1.165, 1.54) is 12.8 Å². The molecule has 1 amide bonds. The Hall–Kier alpha value is -2.24. The summed E-state index contributed by atoms with van der Waals surface area (Å²) in [6.45, 7) is 6.06. The van der Waals surface area contributed by atoms with Crippen molar-refractivity contribution in [3.8, 4) is 11.5 Å². The lowest BCUT2D eigenvalue weighted by Gasteiger charge is -2.31. The van der Waals surface area contributed by atoms with Crippen LogP contribution in [0.2, 0.25) is 5.02 Å². The molecule has 6 heteroatoms. The third kappa shape index (κ3) is 5.43. The van der Waals surface area contributed by atoms with Gasteiger partial charge in [-0.25, -0.2) is 0 Å². The van der Waals surface area contributed by atoms with E-state index in [4.69, 9.17) is 21.1 Å². The lowest BCUT2D eigenvalue weighted by molar-refractivity contribution is -0.134. The number of halogens is 1. The van der Waals surface area contributed by atoms with Crippen molar-refractivity contribution in [2.24, 2.45) is 0 Å². The van der Waals surface area contributed by atoms with Gasteiger partial charge in [-0.15, -0.1) is 0 Å². The van der Waals surface area contributed by atoms with E-state index in [2.05, 4.69) is 16.3 Å². The van der Waals surface area contributed by atoms with Gasteiger partial charge in [0, 0.05) is 17.1 Å². The first kappa shape index (κ1) is 21.5. The number of para-hydroxylation sites is 1. The number of nitrogens with one attached hydrogen (secondary N) is 1. The van der Waals surface area contributed by atoms with E-state index >= 15 is 0 Å². The maximum Gasteiger partial charge on any atom is 0.263 e. The molecule has 1 atom stereocenters. The number of benzene rings is 2. The van der Waals surface area contributed by atoms with Crippen molar-refractivity contribution < 1.29 is 14.3 Å². The van der Waals surface area contributed by atoms with Gasteiger partial charge in [0.2, 0.25) is 0 Å². The van der Waals surface area contributed by atoms with E-state index in [-0.39, 0.29) is 11.9 Å². The zero-order valence-electron chi connectivity index (χ0n) is 17.3. The predicted molar refractivity (Wildman–Crippen MR) is 116 cm³/mol. The van der Waals surface area contributed by atoms with Crippen LogP contribution in [0.3, 0.4) is 0 Å². The van der Waals surface area contributed by atoms with Crippen LogP contribution < -0.4 is 14.8 Å². The van der Waals surface area contributed by atoms with Gasteiger partial charge in [-0.05, 0) is 70.1 Å². The van der Waals surface area contributed by atoms with E-state index in [9.17, 15) is 4.79 Å². The lowest BCUT2D eigenvalue weighted by atomic mass is 10.0. The van der Waals surface area contributed by atoms with Crippen molar-refractivity contribution in [3.63, 3.8) is 0 Å². The van der Waals surface area contributed by atoms with Crippen LogP contribution in [0.25, 0.3) is 0 Å². The van der Waals surface area contributed by atoms with Crippen molar-refractivity contribution in [1.29, 1.82) is 0 Å². The zero-order valence-corrected chi connectivity index (χ0v) is 18.0. The topological polar surface area (TPSA) is 50.8 Å². The number of amides is 1. The average molecular weight is 417 g/mol. The maximum absolute atomic E-state index is 12.9. The number of nitrogens with zero attached hydrogens (tertiary/aromatic N) is 1. The number of methoxy groups -OCH3 is 1. The SMILES string of the molecule is COc1ccccc1[C@@H](CNC(=O)C(C)(C)Oc1ccc(Cl)cc1)N1CCCC1. The lowest BCUT2D eigenvalue weighted by Crippen LogP contribution is -2.49. The molecule has 1 heterocycles. The first-order valence-electron chi connectivity index (χ1n) is 10.0. The Morgan fingerprint density at radius 2 is 1.79 bits per heavy atom. The van der Waals surface area contributed by atoms with Crippen LogP contribution in [-0.4, -0.2) is 43.2 Å². The Bertz CT molecular complexity index is 817. The second-order valence-electron chi connectivity index (χ2n) is 7.78. The third-order valence-electron chi connectivity index (χ3n) is 5.27. The molecule has 1 aliphatic heterocycles. The summed E-state index contributed by atoms with van der Waals surface area (Å²) in [6.07, 6.45) is 2.34. The molecule has 3 rings (SSSR count). The molecule has 1 aliphatic rings. The average Bonchev–Trinajstić information content (AvgIpc) is 3.24. The largest absolute Gasteiger partial charge is 0.496 e. The summed E-state index contributed by atoms with van der Waals surface area (Å²) in [4.78, 5) is 15.3. The van der Waals surface area contributed by atoms with Gasteiger partial charge < -0.3 is 14.8 Å². The van der Waals surface area contributed by atoms with Crippen LogP contribution in [0.5, 0.6) is 11.5 Å². The Morgan fingerprint density at radius 3 is 2.45 bits per heavy atom. The number of carbonyl (C=O) groups is 1. The molecule has 0 unspecified atom stereocenters. The summed E-state index contributed by atoms with van der Waals surface area (Å²) >= 11 is 5.93. The van der Waals surface area contributed by atoms with Gasteiger partial charge in [-0.3, -0.25) is 9.69 Å². The van der Waals surface area contributed by atoms with Crippen LogP contribution in [-0.2, 0) is 4.79 Å². The van der Waals surface area contributed by atoms with Gasteiger partial charge in [-0.2, -0.15) is 0 Å². The molecule has 5 nitrogen and oxygen atoms in total. The van der Waals surface area contributed by atoms with Crippen molar-refractivity contribution in [2.75, 3.05) is 26.7 Å². The molecule has 0 aromatic heterocycles. The van der Waals surface area contributed by atoms with Crippen molar-refractivity contribution in [2.45, 2.75) is 38.3 Å². The number of hydrogen-bond acceptors (Lipinski definition) is 4. The minimum Gasteiger partial charge on any atom is -0.496 e. The monoisotopic (exact) mass is 416 g/mol. The second-order valence-corrected chi connectivity index (χ2v) is 8.21. The van der Waals surface area contributed by atoms with Crippen LogP contribution in [0.1, 0.15) is 38.3 Å². The van der Waals surface area contributed by atoms with Gasteiger partial charge >= 0.3 is 0 Å². The highest BCUT2D eigenvalue weighted by molar-refractivity contribution is 6.30. The first-order valence-corrected chi connectivity index (χ1v) is 10.4. The summed E-state index contributed by atoms with van der Waals surface area (Å²) in [6, 6.07) is 15.1. The quantitative estimate of drug-likeness (QED) is 0.690. The molecule has 29 heavy (non-hydrogen) atoms. The van der Waals surface area contributed by atoms with E-state index in [1.54, 1.807) is 45.2 Å². The van der Waals surface area contributed by atoms with Gasteiger partial charge in [0.05, 0.1) is 13.2 Å². The maximum atomic E-state index is 12.9. The Kier molecular flexibility index (Phi) is 7.04. The molecule has 1 fully saturated rings. The molecule has 2 aromatic rings. The standard InChI is InChI=1S/C23H29ClN2O3/c1-23(2,29-18-12-10-17(24)11-13-18)22(27)25-16-20(26-14-6-7-15-26)19-8-4-5-9-21(19)28-3/h4-5,8-13,20H,6-7,14-16H2,1-3H3,(H,25,27)/t20-/m1/s1. The molecule has 0 aliphatic carbocycles. The summed E-state index contributed by atoms with van der Waals surface area (Å²) < 4.78 is 11.5. The second kappa shape index (κ2) is 9.51. The van der Waals surface area contributed by atoms with E-state index < -0.39 is 5.60 Å². The molecular weight excluding hydrogens is 388 g/mol. The van der Waals surface area contributed by atoms with E-state index in [0.29, 0.717) is 17.3 Å². The number of likely N-dealkylation sites (tertiary alicyclic amines) is 1. The van der Waals surface area contributed by atoms with Gasteiger partial charge in [0.25, 0.3) is 5.91 Å². The summed E-state index contributed by atoms with van der Waals surface area (Å²) in [5.74, 6) is 1.29. The van der Waals surface area contributed by atoms with Crippen LogP contribution in [0.4, 0.5) is 0 Å². The van der Waals surface area contributed by atoms with Crippen LogP contribution >= 0.6 is 11.6 Å². The fraction of sp³-hybridized carbons (Fsp3) is 0.435. The number of ether oxygens (including phenoxy) is 2. The Morgan fingerprint density at radius 1 is 1.14 bits per heavy atom. The first-order chi connectivity index (χ1) is 13.9. The highest BCUT2D eigenvalue weighted by Crippen LogP contribution is 2.31. The number of hydrogen-bond donors (Lipinski definition) is 1. The molecule has 0 bridgehead atoms. The molecule has 1 N–H and O–H groups in total. The zero-order chi connectivity index (χ0) is 20.9. The normalized spacial score (nSPS) is 15.7. The highest BCUT2D eigenvalue weighted by Gasteiger charge is 2.32. The molecular formula is C23H29ClN2O3. The number of carbonyl (C=O) groups excluding carboxylic acids is 1. The van der Waals surface area contributed by atoms with Crippen LogP contribution in [0, 0.1) is 0 Å². The van der Waals surface area contributed by atoms with Gasteiger partial charge in [0.1, 0.15) is 11.5 Å².